The average Bonchev–Trinajstić information content (AvgIpc) is 3.57. The number of morpholine rings is 1. The zero-order valence-electron chi connectivity index (χ0n) is 16.7. The molecule has 1 aliphatic heterocycles. The lowest BCUT2D eigenvalue weighted by atomic mass is 10.1. The third-order valence-electron chi connectivity index (χ3n) is 5.94. The van der Waals surface area contributed by atoms with E-state index >= 15 is 0 Å². The van der Waals surface area contributed by atoms with Crippen molar-refractivity contribution in [1.29, 1.82) is 5.41 Å². The highest BCUT2D eigenvalue weighted by atomic mass is 16.5. The molecule has 1 saturated carbocycles. The topological polar surface area (TPSA) is 53.3 Å². The van der Waals surface area contributed by atoms with E-state index in [2.05, 4.69) is 75.6 Å². The Kier molecular flexibility index (Phi) is 5.08. The molecular weight excluding hydrogens is 360 g/mol. The molecule has 0 radical (unpaired) electrons. The molecule has 3 aromatic rings. The third kappa shape index (κ3) is 3.93. The van der Waals surface area contributed by atoms with Crippen molar-refractivity contribution in [2.24, 2.45) is 0 Å². The van der Waals surface area contributed by atoms with Crippen molar-refractivity contribution < 1.29 is 4.74 Å². The van der Waals surface area contributed by atoms with Gasteiger partial charge in [-0.05, 0) is 30.0 Å². The lowest BCUT2D eigenvalue weighted by molar-refractivity contribution is 0.0613. The normalized spacial score (nSPS) is 19.4. The molecule has 0 amide bonds. The minimum absolute atomic E-state index is 0.137. The standard InChI is InChI=1S/C24H28N4O/c25-24(23-14-26-12-13-29-23)28(20-10-11-20)17-19-16-27(15-18-6-2-1-3-7-18)22-9-5-4-8-21(19)22/h1-9,16,20,23,25-26H,10-15,17H2. The van der Waals surface area contributed by atoms with Gasteiger partial charge in [0.05, 0.1) is 6.61 Å². The van der Waals surface area contributed by atoms with Crippen molar-refractivity contribution in [2.45, 2.75) is 38.1 Å². The highest BCUT2D eigenvalue weighted by molar-refractivity contribution is 5.87. The van der Waals surface area contributed by atoms with Gasteiger partial charge in [0.15, 0.2) is 0 Å². The predicted octanol–water partition coefficient (Wildman–Crippen LogP) is 3.62. The number of nitrogens with one attached hydrogen (secondary N) is 2. The third-order valence-corrected chi connectivity index (χ3v) is 5.94. The van der Waals surface area contributed by atoms with E-state index < -0.39 is 0 Å². The van der Waals surface area contributed by atoms with Crippen LogP contribution in [0.1, 0.15) is 24.0 Å². The fourth-order valence-electron chi connectivity index (χ4n) is 4.27. The first-order valence-corrected chi connectivity index (χ1v) is 10.6. The maximum atomic E-state index is 8.81. The van der Waals surface area contributed by atoms with Crippen LogP contribution < -0.4 is 5.32 Å². The molecule has 1 atom stereocenters. The average molecular weight is 389 g/mol. The lowest BCUT2D eigenvalue weighted by Gasteiger charge is -2.32. The number of aromatic nitrogens is 1. The number of amidine groups is 1. The van der Waals surface area contributed by atoms with E-state index in [0.29, 0.717) is 18.5 Å². The number of ether oxygens (including phenoxy) is 1. The molecule has 5 nitrogen and oxygen atoms in total. The largest absolute Gasteiger partial charge is 0.368 e. The Morgan fingerprint density at radius 3 is 2.66 bits per heavy atom. The number of fused-ring (bicyclic) bond motifs is 1. The fourth-order valence-corrected chi connectivity index (χ4v) is 4.27. The number of para-hydroxylation sites is 1. The van der Waals surface area contributed by atoms with Gasteiger partial charge < -0.3 is 19.5 Å². The minimum atomic E-state index is -0.137. The molecule has 0 spiro atoms. The molecule has 2 aromatic carbocycles. The molecule has 5 rings (SSSR count). The van der Waals surface area contributed by atoms with Crippen molar-refractivity contribution in [3.05, 3.63) is 71.9 Å². The number of nitrogens with zero attached hydrogens (tertiary/aromatic N) is 2. The summed E-state index contributed by atoms with van der Waals surface area (Å²) >= 11 is 0. The quantitative estimate of drug-likeness (QED) is 0.501. The molecule has 1 unspecified atom stereocenters. The molecule has 2 fully saturated rings. The van der Waals surface area contributed by atoms with Gasteiger partial charge in [0.1, 0.15) is 11.9 Å². The Balaban J connectivity index is 1.43. The highest BCUT2D eigenvalue weighted by Gasteiger charge is 2.35. The Morgan fingerprint density at radius 1 is 1.10 bits per heavy atom. The summed E-state index contributed by atoms with van der Waals surface area (Å²) in [6, 6.07) is 19.7. The molecule has 5 heteroatoms. The van der Waals surface area contributed by atoms with Crippen molar-refractivity contribution in [3.8, 4) is 0 Å². The van der Waals surface area contributed by atoms with Gasteiger partial charge in [-0.2, -0.15) is 0 Å². The summed E-state index contributed by atoms with van der Waals surface area (Å²) in [4.78, 5) is 2.27. The molecule has 1 aliphatic carbocycles. The van der Waals surface area contributed by atoms with Crippen LogP contribution >= 0.6 is 0 Å². The molecular formula is C24H28N4O. The molecule has 0 bridgehead atoms. The Labute approximate surface area is 171 Å². The summed E-state index contributed by atoms with van der Waals surface area (Å²) in [6.07, 6.45) is 4.48. The summed E-state index contributed by atoms with van der Waals surface area (Å²) in [5.41, 5.74) is 3.84. The zero-order chi connectivity index (χ0) is 19.6. The van der Waals surface area contributed by atoms with Crippen LogP contribution in [0.4, 0.5) is 0 Å². The maximum Gasteiger partial charge on any atom is 0.127 e. The first kappa shape index (κ1) is 18.4. The van der Waals surface area contributed by atoms with Gasteiger partial charge in [-0.15, -0.1) is 0 Å². The van der Waals surface area contributed by atoms with Gasteiger partial charge in [-0.1, -0.05) is 48.5 Å². The van der Waals surface area contributed by atoms with Crippen molar-refractivity contribution in [2.75, 3.05) is 19.7 Å². The molecule has 1 saturated heterocycles. The van der Waals surface area contributed by atoms with E-state index in [9.17, 15) is 0 Å². The van der Waals surface area contributed by atoms with E-state index in [0.717, 1.165) is 26.2 Å². The van der Waals surface area contributed by atoms with Gasteiger partial charge >= 0.3 is 0 Å². The van der Waals surface area contributed by atoms with Gasteiger partial charge in [-0.25, -0.2) is 0 Å². The first-order chi connectivity index (χ1) is 14.3. The molecule has 150 valence electrons. The SMILES string of the molecule is N=C(C1CNCCO1)N(Cc1cn(Cc2ccccc2)c2ccccc12)C1CC1. The Hall–Kier alpha value is -2.63. The van der Waals surface area contributed by atoms with Crippen molar-refractivity contribution >= 4 is 16.7 Å². The van der Waals surface area contributed by atoms with Gasteiger partial charge in [0.2, 0.25) is 0 Å². The molecule has 1 aromatic heterocycles. The molecule has 2 heterocycles. The summed E-state index contributed by atoms with van der Waals surface area (Å²) in [5.74, 6) is 0.625. The van der Waals surface area contributed by atoms with Crippen molar-refractivity contribution in [3.63, 3.8) is 0 Å². The smallest absolute Gasteiger partial charge is 0.127 e. The number of rotatable bonds is 6. The fraction of sp³-hybridized carbons (Fsp3) is 0.375. The number of hydrogen-bond acceptors (Lipinski definition) is 3. The minimum Gasteiger partial charge on any atom is -0.368 e. The summed E-state index contributed by atoms with van der Waals surface area (Å²) < 4.78 is 8.21. The van der Waals surface area contributed by atoms with E-state index in [4.69, 9.17) is 10.1 Å². The summed E-state index contributed by atoms with van der Waals surface area (Å²) in [5, 5.41) is 13.4. The second-order valence-electron chi connectivity index (χ2n) is 8.09. The van der Waals surface area contributed by atoms with Crippen LogP contribution in [0.25, 0.3) is 10.9 Å². The zero-order valence-corrected chi connectivity index (χ0v) is 16.7. The second kappa shape index (κ2) is 8.01. The van der Waals surface area contributed by atoms with Gasteiger partial charge in [-0.3, -0.25) is 5.41 Å². The summed E-state index contributed by atoms with van der Waals surface area (Å²) in [6.45, 7) is 3.92. The van der Waals surface area contributed by atoms with Crippen LogP contribution in [-0.4, -0.2) is 47.1 Å². The highest BCUT2D eigenvalue weighted by Crippen LogP contribution is 2.32. The van der Waals surface area contributed by atoms with Crippen LogP contribution in [-0.2, 0) is 17.8 Å². The van der Waals surface area contributed by atoms with E-state index in [1.54, 1.807) is 0 Å². The Bertz CT molecular complexity index is 987. The monoisotopic (exact) mass is 388 g/mol. The van der Waals surface area contributed by atoms with Gasteiger partial charge in [0.25, 0.3) is 0 Å². The van der Waals surface area contributed by atoms with Crippen LogP contribution in [0, 0.1) is 5.41 Å². The van der Waals surface area contributed by atoms with Crippen molar-refractivity contribution in [1.82, 2.24) is 14.8 Å². The van der Waals surface area contributed by atoms with Crippen LogP contribution in [0.15, 0.2) is 60.8 Å². The number of hydrogen-bond donors (Lipinski definition) is 2. The van der Waals surface area contributed by atoms with Gasteiger partial charge in [0, 0.05) is 49.3 Å². The maximum absolute atomic E-state index is 8.81. The molecule has 2 N–H and O–H groups in total. The Morgan fingerprint density at radius 2 is 1.90 bits per heavy atom. The lowest BCUT2D eigenvalue weighted by Crippen LogP contribution is -2.49. The second-order valence-corrected chi connectivity index (χ2v) is 8.09. The molecule has 29 heavy (non-hydrogen) atoms. The first-order valence-electron chi connectivity index (χ1n) is 10.6. The van der Waals surface area contributed by atoms with Crippen LogP contribution in [0.2, 0.25) is 0 Å². The van der Waals surface area contributed by atoms with E-state index in [1.165, 1.54) is 34.9 Å². The summed E-state index contributed by atoms with van der Waals surface area (Å²) in [7, 11) is 0. The number of benzene rings is 2. The van der Waals surface area contributed by atoms with E-state index in [-0.39, 0.29) is 6.10 Å². The van der Waals surface area contributed by atoms with Crippen LogP contribution in [0.3, 0.4) is 0 Å². The van der Waals surface area contributed by atoms with Crippen LogP contribution in [0.5, 0.6) is 0 Å². The predicted molar refractivity (Wildman–Crippen MR) is 116 cm³/mol. The molecule has 2 aliphatic rings. The van der Waals surface area contributed by atoms with E-state index in [1.807, 2.05) is 0 Å².